The Labute approximate surface area is 153 Å². The van der Waals surface area contributed by atoms with Crippen molar-refractivity contribution in [1.82, 2.24) is 0 Å². The van der Waals surface area contributed by atoms with E-state index >= 15 is 0 Å². The Kier molecular flexibility index (Phi) is 4.36. The van der Waals surface area contributed by atoms with Crippen molar-refractivity contribution in [2.75, 3.05) is 5.75 Å². The zero-order chi connectivity index (χ0) is 17.4. The summed E-state index contributed by atoms with van der Waals surface area (Å²) < 4.78 is 5.78. The lowest BCUT2D eigenvalue weighted by atomic mass is 10.0. The molecule has 2 nitrogen and oxygen atoms in total. The van der Waals surface area contributed by atoms with Crippen LogP contribution in [0.15, 0.2) is 58.7 Å². The van der Waals surface area contributed by atoms with Crippen LogP contribution in [0.25, 0.3) is 0 Å². The van der Waals surface area contributed by atoms with Gasteiger partial charge in [0.2, 0.25) is 5.12 Å². The lowest BCUT2D eigenvalue weighted by molar-refractivity contribution is -0.107. The fraction of sp³-hybridized carbons (Fsp3) is 0.409. The Bertz CT molecular complexity index is 800. The van der Waals surface area contributed by atoms with Crippen LogP contribution in [-0.4, -0.2) is 10.9 Å². The van der Waals surface area contributed by atoms with Crippen LogP contribution in [0.5, 0.6) is 0 Å². The van der Waals surface area contributed by atoms with E-state index in [-0.39, 0.29) is 10.5 Å². The van der Waals surface area contributed by atoms with Crippen molar-refractivity contribution >= 4 is 16.9 Å². The van der Waals surface area contributed by atoms with Crippen molar-refractivity contribution in [3.8, 4) is 0 Å². The van der Waals surface area contributed by atoms with Gasteiger partial charge in [0.1, 0.15) is 5.76 Å². The third-order valence-corrected chi connectivity index (χ3v) is 6.70. The number of thioether (sulfide) groups is 1. The van der Waals surface area contributed by atoms with Gasteiger partial charge in [-0.15, -0.1) is 0 Å². The predicted molar refractivity (Wildman–Crippen MR) is 103 cm³/mol. The largest absolute Gasteiger partial charge is 0.469 e. The molecule has 130 valence electrons. The second kappa shape index (κ2) is 6.53. The fourth-order valence-corrected chi connectivity index (χ4v) is 4.86. The molecule has 1 aromatic carbocycles. The minimum Gasteiger partial charge on any atom is -0.469 e. The molecule has 2 fully saturated rings. The molecule has 25 heavy (non-hydrogen) atoms. The molecule has 2 heterocycles. The first-order chi connectivity index (χ1) is 12.0. The van der Waals surface area contributed by atoms with E-state index in [1.807, 2.05) is 12.3 Å². The molecule has 0 N–H and O–H groups in total. The Morgan fingerprint density at radius 2 is 2.04 bits per heavy atom. The first-order valence-electron chi connectivity index (χ1n) is 9.02. The Morgan fingerprint density at radius 3 is 2.76 bits per heavy atom. The summed E-state index contributed by atoms with van der Waals surface area (Å²) in [5.74, 6) is 3.09. The van der Waals surface area contributed by atoms with Crippen LogP contribution in [0, 0.1) is 17.3 Å². The number of carbonyl (C=O) groups excluding carboxylic acids is 1. The summed E-state index contributed by atoms with van der Waals surface area (Å²) in [6.07, 6.45) is 6.98. The standard InChI is InChI=1S/C22H24O2S/c1-22(2)19(20(22)13-17-8-9-25-21(17)23)12-16-11-18(24-14-16)10-15-6-4-3-5-7-15/h3-7,11,13-14,19-20H,8-10,12H2,1-2H3/t19-,20+/m1/s1. The van der Waals surface area contributed by atoms with Gasteiger partial charge in [0.25, 0.3) is 0 Å². The molecule has 1 saturated carbocycles. The van der Waals surface area contributed by atoms with Crippen LogP contribution in [-0.2, 0) is 17.6 Å². The molecule has 2 aromatic rings. The van der Waals surface area contributed by atoms with E-state index in [9.17, 15) is 4.79 Å². The number of benzene rings is 1. The summed E-state index contributed by atoms with van der Waals surface area (Å²) in [5, 5.41) is 0.287. The highest BCUT2D eigenvalue weighted by atomic mass is 32.2. The lowest BCUT2D eigenvalue weighted by Crippen LogP contribution is -1.93. The summed E-state index contributed by atoms with van der Waals surface area (Å²) in [6.45, 7) is 4.63. The maximum absolute atomic E-state index is 11.9. The minimum absolute atomic E-state index is 0.275. The molecule has 4 rings (SSSR count). The molecule has 0 bridgehead atoms. The number of hydrogen-bond donors (Lipinski definition) is 0. The van der Waals surface area contributed by atoms with Crippen LogP contribution in [0.3, 0.4) is 0 Å². The van der Waals surface area contributed by atoms with E-state index in [2.05, 4.69) is 50.3 Å². The fourth-order valence-electron chi connectivity index (χ4n) is 4.00. The summed E-state index contributed by atoms with van der Waals surface area (Å²) in [4.78, 5) is 11.9. The van der Waals surface area contributed by atoms with E-state index < -0.39 is 0 Å². The van der Waals surface area contributed by atoms with E-state index in [0.717, 1.165) is 36.3 Å². The highest BCUT2D eigenvalue weighted by Gasteiger charge is 2.56. The molecule has 1 aliphatic carbocycles. The second-order valence-corrected chi connectivity index (χ2v) is 8.89. The van der Waals surface area contributed by atoms with Gasteiger partial charge in [-0.05, 0) is 47.3 Å². The molecular weight excluding hydrogens is 328 g/mol. The van der Waals surface area contributed by atoms with E-state index in [4.69, 9.17) is 4.42 Å². The first-order valence-corrected chi connectivity index (χ1v) is 10.0. The SMILES string of the molecule is CC1(C)[C@H](Cc2coc(Cc3ccccc3)c2)[C@@H]1C=C1CCSC1=O. The van der Waals surface area contributed by atoms with Gasteiger partial charge in [-0.2, -0.15) is 0 Å². The lowest BCUT2D eigenvalue weighted by Gasteiger charge is -2.00. The van der Waals surface area contributed by atoms with Crippen LogP contribution in [0.2, 0.25) is 0 Å². The average Bonchev–Trinajstić information content (AvgIpc) is 2.98. The molecule has 0 spiro atoms. The molecule has 0 amide bonds. The zero-order valence-corrected chi connectivity index (χ0v) is 15.6. The van der Waals surface area contributed by atoms with Gasteiger partial charge in [-0.1, -0.05) is 62.0 Å². The van der Waals surface area contributed by atoms with Crippen molar-refractivity contribution < 1.29 is 9.21 Å². The molecule has 1 aromatic heterocycles. The number of allylic oxidation sites excluding steroid dienone is 1. The number of carbonyl (C=O) groups is 1. The van der Waals surface area contributed by atoms with Crippen molar-refractivity contribution in [3.05, 3.63) is 71.2 Å². The molecule has 2 aliphatic rings. The maximum atomic E-state index is 11.9. The first kappa shape index (κ1) is 16.7. The summed E-state index contributed by atoms with van der Waals surface area (Å²) >= 11 is 1.46. The zero-order valence-electron chi connectivity index (χ0n) is 14.8. The van der Waals surface area contributed by atoms with Gasteiger partial charge in [0, 0.05) is 17.7 Å². The summed E-state index contributed by atoms with van der Waals surface area (Å²) in [5.41, 5.74) is 3.87. The Morgan fingerprint density at radius 1 is 1.24 bits per heavy atom. The summed E-state index contributed by atoms with van der Waals surface area (Å²) in [6, 6.07) is 12.6. The highest BCUT2D eigenvalue weighted by Crippen LogP contribution is 2.61. The molecule has 1 saturated heterocycles. The molecule has 1 aliphatic heterocycles. The van der Waals surface area contributed by atoms with Crippen molar-refractivity contribution in [1.29, 1.82) is 0 Å². The minimum atomic E-state index is 0.275. The molecular formula is C22H24O2S. The van der Waals surface area contributed by atoms with Crippen molar-refractivity contribution in [2.45, 2.75) is 33.1 Å². The number of hydrogen-bond acceptors (Lipinski definition) is 3. The van der Waals surface area contributed by atoms with Crippen LogP contribution < -0.4 is 0 Å². The van der Waals surface area contributed by atoms with Gasteiger partial charge in [0.15, 0.2) is 0 Å². The van der Waals surface area contributed by atoms with E-state index in [0.29, 0.717) is 11.8 Å². The number of furan rings is 1. The third-order valence-electron chi connectivity index (χ3n) is 5.77. The van der Waals surface area contributed by atoms with Crippen molar-refractivity contribution in [3.63, 3.8) is 0 Å². The topological polar surface area (TPSA) is 30.2 Å². The van der Waals surface area contributed by atoms with E-state index in [1.54, 1.807) is 0 Å². The van der Waals surface area contributed by atoms with Gasteiger partial charge >= 0.3 is 0 Å². The Hall–Kier alpha value is -1.74. The van der Waals surface area contributed by atoms with Gasteiger partial charge in [-0.3, -0.25) is 4.79 Å². The second-order valence-electron chi connectivity index (χ2n) is 7.82. The van der Waals surface area contributed by atoms with Crippen LogP contribution in [0.4, 0.5) is 0 Å². The van der Waals surface area contributed by atoms with Gasteiger partial charge in [0.05, 0.1) is 6.26 Å². The normalized spacial score (nSPS) is 26.3. The molecule has 2 atom stereocenters. The third kappa shape index (κ3) is 3.48. The highest BCUT2D eigenvalue weighted by molar-refractivity contribution is 8.14. The summed E-state index contributed by atoms with van der Waals surface area (Å²) in [7, 11) is 0. The van der Waals surface area contributed by atoms with Gasteiger partial charge in [-0.25, -0.2) is 0 Å². The van der Waals surface area contributed by atoms with Gasteiger partial charge < -0.3 is 4.42 Å². The smallest absolute Gasteiger partial charge is 0.215 e. The molecule has 3 heteroatoms. The molecule has 0 unspecified atom stereocenters. The number of rotatable bonds is 5. The maximum Gasteiger partial charge on any atom is 0.215 e. The average molecular weight is 352 g/mol. The van der Waals surface area contributed by atoms with Crippen LogP contribution >= 0.6 is 11.8 Å². The quantitative estimate of drug-likeness (QED) is 0.686. The van der Waals surface area contributed by atoms with Crippen molar-refractivity contribution in [2.24, 2.45) is 17.3 Å². The van der Waals surface area contributed by atoms with E-state index in [1.165, 1.54) is 22.9 Å². The molecule has 0 radical (unpaired) electrons. The van der Waals surface area contributed by atoms with Crippen LogP contribution in [0.1, 0.15) is 37.2 Å². The predicted octanol–water partition coefficient (Wildman–Crippen LogP) is 5.28. The Balaban J connectivity index is 1.42. The monoisotopic (exact) mass is 352 g/mol.